The average molecular weight is 426 g/mol. The van der Waals surface area contributed by atoms with E-state index in [-0.39, 0.29) is 0 Å². The number of rotatable bonds is 5. The van der Waals surface area contributed by atoms with E-state index in [2.05, 4.69) is 15.3 Å². The van der Waals surface area contributed by atoms with Crippen molar-refractivity contribution in [2.45, 2.75) is 4.90 Å². The SMILES string of the molecule is Nc1cccc(Nc2cc(-c3cn([S+]([O-])c4ccccc4)c4ccccc34)ncn2)c1. The van der Waals surface area contributed by atoms with Crippen LogP contribution >= 0.6 is 0 Å². The standard InChI is InChI=1S/C24H19N5OS/c25-17-7-6-8-18(13-17)28-24-14-22(26-16-27-24)21-15-29(23-12-5-4-11-20(21)23)31(30)19-9-2-1-3-10-19/h1-16H,25H2,(H,26,27,28). The molecule has 1 unspecified atom stereocenters. The van der Waals surface area contributed by atoms with Gasteiger partial charge in [-0.2, -0.15) is 3.97 Å². The molecule has 3 aromatic carbocycles. The molecule has 1 atom stereocenters. The molecule has 31 heavy (non-hydrogen) atoms. The highest BCUT2D eigenvalue weighted by Crippen LogP contribution is 2.33. The molecular weight excluding hydrogens is 406 g/mol. The summed E-state index contributed by atoms with van der Waals surface area (Å²) < 4.78 is 15.0. The number of hydrogen-bond acceptors (Lipinski definition) is 5. The van der Waals surface area contributed by atoms with Gasteiger partial charge < -0.3 is 15.6 Å². The fourth-order valence-electron chi connectivity index (χ4n) is 3.48. The highest BCUT2D eigenvalue weighted by molar-refractivity contribution is 7.90. The zero-order valence-corrected chi connectivity index (χ0v) is 17.3. The first kappa shape index (κ1) is 19.2. The molecule has 3 N–H and O–H groups in total. The smallest absolute Gasteiger partial charge is 0.180 e. The molecule has 2 aromatic heterocycles. The molecule has 0 aliphatic heterocycles. The Balaban J connectivity index is 1.57. The zero-order valence-electron chi connectivity index (χ0n) is 16.5. The Morgan fingerprint density at radius 1 is 0.871 bits per heavy atom. The first-order chi connectivity index (χ1) is 15.2. The van der Waals surface area contributed by atoms with Gasteiger partial charge in [-0.15, -0.1) is 0 Å². The number of anilines is 3. The number of fused-ring (bicyclic) bond motifs is 1. The van der Waals surface area contributed by atoms with Crippen LogP contribution in [0, 0.1) is 0 Å². The average Bonchev–Trinajstić information content (AvgIpc) is 3.19. The first-order valence-corrected chi connectivity index (χ1v) is 10.8. The third kappa shape index (κ3) is 3.84. The molecule has 7 heteroatoms. The molecule has 0 spiro atoms. The third-order valence-electron chi connectivity index (χ3n) is 4.90. The van der Waals surface area contributed by atoms with Crippen molar-refractivity contribution >= 4 is 39.5 Å². The number of aromatic nitrogens is 3. The minimum absolute atomic E-state index is 0.650. The molecule has 6 nitrogen and oxygen atoms in total. The number of nitrogen functional groups attached to an aromatic ring is 1. The second kappa shape index (κ2) is 8.14. The van der Waals surface area contributed by atoms with E-state index in [0.29, 0.717) is 11.5 Å². The van der Waals surface area contributed by atoms with Crippen molar-refractivity contribution in [3.8, 4) is 11.3 Å². The van der Waals surface area contributed by atoms with Crippen LogP contribution in [0.3, 0.4) is 0 Å². The van der Waals surface area contributed by atoms with E-state index in [9.17, 15) is 4.55 Å². The van der Waals surface area contributed by atoms with Crippen molar-refractivity contribution in [3.63, 3.8) is 0 Å². The largest absolute Gasteiger partial charge is 0.587 e. The minimum atomic E-state index is -1.37. The fourth-order valence-corrected chi connectivity index (χ4v) is 4.64. The Labute approximate surface area is 182 Å². The van der Waals surface area contributed by atoms with Gasteiger partial charge >= 0.3 is 0 Å². The second-order valence-corrected chi connectivity index (χ2v) is 8.35. The highest BCUT2D eigenvalue weighted by Gasteiger charge is 2.20. The summed E-state index contributed by atoms with van der Waals surface area (Å²) in [5.41, 5.74) is 9.89. The monoisotopic (exact) mass is 425 g/mol. The number of nitrogens with one attached hydrogen (secondary N) is 1. The lowest BCUT2D eigenvalue weighted by Gasteiger charge is -2.10. The predicted molar refractivity (Wildman–Crippen MR) is 125 cm³/mol. The summed E-state index contributed by atoms with van der Waals surface area (Å²) in [5.74, 6) is 0.650. The molecule has 0 saturated carbocycles. The molecule has 0 aliphatic carbocycles. The van der Waals surface area contributed by atoms with Crippen LogP contribution in [-0.4, -0.2) is 18.5 Å². The summed E-state index contributed by atoms with van der Waals surface area (Å²) in [6, 6.07) is 26.7. The van der Waals surface area contributed by atoms with Crippen molar-refractivity contribution in [1.29, 1.82) is 0 Å². The van der Waals surface area contributed by atoms with Crippen molar-refractivity contribution in [3.05, 3.63) is 97.5 Å². The Kier molecular flexibility index (Phi) is 5.03. The molecule has 0 saturated heterocycles. The van der Waals surface area contributed by atoms with Crippen molar-refractivity contribution in [1.82, 2.24) is 13.9 Å². The van der Waals surface area contributed by atoms with Gasteiger partial charge in [0.25, 0.3) is 0 Å². The van der Waals surface area contributed by atoms with E-state index in [4.69, 9.17) is 5.73 Å². The van der Waals surface area contributed by atoms with Crippen molar-refractivity contribution in [2.24, 2.45) is 0 Å². The zero-order chi connectivity index (χ0) is 21.2. The van der Waals surface area contributed by atoms with Gasteiger partial charge in [0.2, 0.25) is 0 Å². The van der Waals surface area contributed by atoms with Gasteiger partial charge in [-0.25, -0.2) is 9.97 Å². The van der Waals surface area contributed by atoms with Crippen LogP contribution in [-0.2, 0) is 11.4 Å². The molecule has 0 fully saturated rings. The van der Waals surface area contributed by atoms with E-state index < -0.39 is 11.4 Å². The van der Waals surface area contributed by atoms with E-state index in [1.807, 2.05) is 91.1 Å². The maximum absolute atomic E-state index is 13.3. The number of nitrogens with two attached hydrogens (primary N) is 1. The molecule has 0 aliphatic rings. The van der Waals surface area contributed by atoms with Crippen LogP contribution in [0.1, 0.15) is 0 Å². The maximum Gasteiger partial charge on any atom is 0.180 e. The lowest BCUT2D eigenvalue weighted by atomic mass is 10.1. The number of hydrogen-bond donors (Lipinski definition) is 2. The van der Waals surface area contributed by atoms with Crippen LogP contribution in [0.25, 0.3) is 22.2 Å². The normalized spacial score (nSPS) is 12.0. The van der Waals surface area contributed by atoms with Crippen LogP contribution in [0.2, 0.25) is 0 Å². The Morgan fingerprint density at radius 2 is 1.68 bits per heavy atom. The van der Waals surface area contributed by atoms with Gasteiger partial charge in [-0.3, -0.25) is 0 Å². The molecule has 0 amide bonds. The van der Waals surface area contributed by atoms with Gasteiger partial charge in [0.1, 0.15) is 23.5 Å². The van der Waals surface area contributed by atoms with Gasteiger partial charge in [0, 0.05) is 28.4 Å². The van der Waals surface area contributed by atoms with Crippen LogP contribution in [0.15, 0.2) is 102 Å². The van der Waals surface area contributed by atoms with Crippen LogP contribution in [0.5, 0.6) is 0 Å². The minimum Gasteiger partial charge on any atom is -0.587 e. The predicted octanol–water partition coefficient (Wildman–Crippen LogP) is 5.00. The highest BCUT2D eigenvalue weighted by atomic mass is 32.2. The Hall–Kier alpha value is -3.81. The summed E-state index contributed by atoms with van der Waals surface area (Å²) in [6.07, 6.45) is 3.41. The van der Waals surface area contributed by atoms with Crippen molar-refractivity contribution in [2.75, 3.05) is 11.1 Å². The van der Waals surface area contributed by atoms with E-state index in [0.717, 1.165) is 32.7 Å². The number of para-hydroxylation sites is 1. The molecule has 5 rings (SSSR count). The molecule has 0 radical (unpaired) electrons. The third-order valence-corrected chi connectivity index (χ3v) is 6.24. The molecule has 5 aromatic rings. The molecular formula is C24H19N5OS. The van der Waals surface area contributed by atoms with Crippen molar-refractivity contribution < 1.29 is 4.55 Å². The maximum atomic E-state index is 13.3. The summed E-state index contributed by atoms with van der Waals surface area (Å²) in [5, 5.41) is 4.23. The van der Waals surface area contributed by atoms with Gasteiger partial charge in [-0.1, -0.05) is 42.5 Å². The van der Waals surface area contributed by atoms with Gasteiger partial charge in [-0.05, 0) is 36.4 Å². The quantitative estimate of drug-likeness (QED) is 0.306. The molecule has 0 bridgehead atoms. The summed E-state index contributed by atoms with van der Waals surface area (Å²) >= 11 is -1.37. The number of nitrogens with zero attached hydrogens (tertiary/aromatic N) is 3. The summed E-state index contributed by atoms with van der Waals surface area (Å²) in [6.45, 7) is 0. The lowest BCUT2D eigenvalue weighted by Crippen LogP contribution is -2.11. The van der Waals surface area contributed by atoms with E-state index in [1.165, 1.54) is 6.33 Å². The van der Waals surface area contributed by atoms with Crippen LogP contribution in [0.4, 0.5) is 17.2 Å². The van der Waals surface area contributed by atoms with Crippen LogP contribution < -0.4 is 11.1 Å². The van der Waals surface area contributed by atoms with Gasteiger partial charge in [0.05, 0.1) is 17.4 Å². The van der Waals surface area contributed by atoms with E-state index in [1.54, 1.807) is 3.97 Å². The Morgan fingerprint density at radius 3 is 2.52 bits per heavy atom. The van der Waals surface area contributed by atoms with Gasteiger partial charge in [0.15, 0.2) is 4.90 Å². The Bertz CT molecular complexity index is 1350. The second-order valence-electron chi connectivity index (χ2n) is 6.99. The molecule has 152 valence electrons. The van der Waals surface area contributed by atoms with E-state index >= 15 is 0 Å². The summed E-state index contributed by atoms with van der Waals surface area (Å²) in [4.78, 5) is 9.54. The number of benzene rings is 3. The lowest BCUT2D eigenvalue weighted by molar-refractivity contribution is 0.588. The topological polar surface area (TPSA) is 91.8 Å². The first-order valence-electron chi connectivity index (χ1n) is 9.71. The fraction of sp³-hybridized carbons (Fsp3) is 0. The summed E-state index contributed by atoms with van der Waals surface area (Å²) in [7, 11) is 0. The molecule has 2 heterocycles.